The third-order valence-electron chi connectivity index (χ3n) is 3.81. The molecule has 2 rings (SSSR count). The summed E-state index contributed by atoms with van der Waals surface area (Å²) in [6.45, 7) is 6.26. The molecular weight excluding hydrogens is 291 g/mol. The van der Waals surface area contributed by atoms with Crippen LogP contribution in [0.5, 0.6) is 0 Å². The van der Waals surface area contributed by atoms with Gasteiger partial charge in [0.1, 0.15) is 10.7 Å². The molecule has 0 radical (unpaired) electrons. The predicted molar refractivity (Wildman–Crippen MR) is 80.9 cm³/mol. The van der Waals surface area contributed by atoms with Crippen molar-refractivity contribution < 1.29 is 12.8 Å². The van der Waals surface area contributed by atoms with Crippen LogP contribution in [0.4, 0.5) is 4.39 Å². The summed E-state index contributed by atoms with van der Waals surface area (Å²) in [4.78, 5) is -0.202. The summed E-state index contributed by atoms with van der Waals surface area (Å²) < 4.78 is 40.7. The highest BCUT2D eigenvalue weighted by atomic mass is 32.2. The van der Waals surface area contributed by atoms with Crippen molar-refractivity contribution in [1.82, 2.24) is 9.62 Å². The van der Waals surface area contributed by atoms with Crippen LogP contribution in [0.25, 0.3) is 0 Å². The van der Waals surface area contributed by atoms with Crippen LogP contribution in [-0.4, -0.2) is 32.4 Å². The van der Waals surface area contributed by atoms with Gasteiger partial charge in [0.25, 0.3) is 0 Å². The van der Waals surface area contributed by atoms with E-state index in [1.165, 1.54) is 16.4 Å². The lowest BCUT2D eigenvalue weighted by Crippen LogP contribution is -2.39. The molecule has 0 amide bonds. The summed E-state index contributed by atoms with van der Waals surface area (Å²) in [5.74, 6) is -0.352. The molecule has 0 spiro atoms. The molecule has 1 atom stereocenters. The molecule has 1 fully saturated rings. The Labute approximate surface area is 126 Å². The molecule has 4 nitrogen and oxygen atoms in total. The van der Waals surface area contributed by atoms with E-state index < -0.39 is 15.8 Å². The van der Waals surface area contributed by atoms with Crippen molar-refractivity contribution >= 4 is 10.0 Å². The molecule has 1 N–H and O–H groups in total. The van der Waals surface area contributed by atoms with Gasteiger partial charge in [-0.1, -0.05) is 19.9 Å². The molecule has 118 valence electrons. The first kappa shape index (κ1) is 16.4. The molecule has 1 aliphatic rings. The fourth-order valence-corrected chi connectivity index (χ4v) is 4.34. The van der Waals surface area contributed by atoms with Crippen LogP contribution in [0.3, 0.4) is 0 Å². The molecule has 1 aliphatic heterocycles. The van der Waals surface area contributed by atoms with E-state index in [4.69, 9.17) is 0 Å². The fourth-order valence-electron chi connectivity index (χ4n) is 2.63. The van der Waals surface area contributed by atoms with E-state index in [0.717, 1.165) is 24.9 Å². The lowest BCUT2D eigenvalue weighted by molar-refractivity contribution is 0.280. The topological polar surface area (TPSA) is 49.4 Å². The van der Waals surface area contributed by atoms with E-state index in [9.17, 15) is 12.8 Å². The van der Waals surface area contributed by atoms with Gasteiger partial charge >= 0.3 is 0 Å². The van der Waals surface area contributed by atoms with Gasteiger partial charge in [-0.3, -0.25) is 0 Å². The van der Waals surface area contributed by atoms with Gasteiger partial charge in [-0.15, -0.1) is 0 Å². The Bertz CT molecular complexity index is 589. The highest BCUT2D eigenvalue weighted by molar-refractivity contribution is 7.89. The maximum atomic E-state index is 14.0. The monoisotopic (exact) mass is 314 g/mol. The molecule has 1 aromatic carbocycles. The quantitative estimate of drug-likeness (QED) is 0.907. The smallest absolute Gasteiger partial charge is 0.246 e. The van der Waals surface area contributed by atoms with Gasteiger partial charge in [0.15, 0.2) is 0 Å². The van der Waals surface area contributed by atoms with E-state index >= 15 is 0 Å². The summed E-state index contributed by atoms with van der Waals surface area (Å²) >= 11 is 0. The van der Waals surface area contributed by atoms with Crippen LogP contribution in [0.1, 0.15) is 32.3 Å². The van der Waals surface area contributed by atoms with Crippen molar-refractivity contribution in [2.45, 2.75) is 38.1 Å². The van der Waals surface area contributed by atoms with Gasteiger partial charge in [0.05, 0.1) is 0 Å². The summed E-state index contributed by atoms with van der Waals surface area (Å²) in [6, 6.07) is 4.31. The van der Waals surface area contributed by atoms with Crippen LogP contribution in [0.2, 0.25) is 0 Å². The molecule has 1 aromatic rings. The lowest BCUT2D eigenvalue weighted by Gasteiger charge is -2.30. The SMILES string of the molecule is CCNCc1ccc(F)c(S(=O)(=O)N2CCCC(C)C2)c1. The molecule has 0 bridgehead atoms. The van der Waals surface area contributed by atoms with Gasteiger partial charge < -0.3 is 5.32 Å². The Balaban J connectivity index is 2.30. The maximum absolute atomic E-state index is 14.0. The number of nitrogens with zero attached hydrogens (tertiary/aromatic N) is 1. The van der Waals surface area contributed by atoms with E-state index in [-0.39, 0.29) is 4.90 Å². The van der Waals surface area contributed by atoms with Crippen LogP contribution in [0.15, 0.2) is 23.1 Å². The van der Waals surface area contributed by atoms with Crippen LogP contribution in [-0.2, 0) is 16.6 Å². The summed E-state index contributed by atoms with van der Waals surface area (Å²) in [5, 5.41) is 3.12. The van der Waals surface area contributed by atoms with Gasteiger partial charge in [-0.25, -0.2) is 12.8 Å². The molecule has 21 heavy (non-hydrogen) atoms. The van der Waals surface area contributed by atoms with Crippen LogP contribution < -0.4 is 5.32 Å². The lowest BCUT2D eigenvalue weighted by atomic mass is 10.0. The molecule has 0 aromatic heterocycles. The van der Waals surface area contributed by atoms with Gasteiger partial charge in [-0.05, 0) is 43.0 Å². The van der Waals surface area contributed by atoms with E-state index in [2.05, 4.69) is 5.32 Å². The number of benzene rings is 1. The van der Waals surface area contributed by atoms with Crippen LogP contribution in [0, 0.1) is 11.7 Å². The standard InChI is InChI=1S/C15H23FN2O2S/c1-3-17-10-13-6-7-14(16)15(9-13)21(19,20)18-8-4-5-12(2)11-18/h6-7,9,12,17H,3-5,8,10-11H2,1-2H3. The number of hydrogen-bond acceptors (Lipinski definition) is 3. The fraction of sp³-hybridized carbons (Fsp3) is 0.600. The van der Waals surface area contributed by atoms with Gasteiger partial charge in [0.2, 0.25) is 10.0 Å². The summed E-state index contributed by atoms with van der Waals surface area (Å²) in [7, 11) is -3.74. The zero-order chi connectivity index (χ0) is 15.5. The molecule has 0 saturated carbocycles. The van der Waals surface area contributed by atoms with E-state index in [1.54, 1.807) is 6.07 Å². The molecular formula is C15H23FN2O2S. The average molecular weight is 314 g/mol. The Morgan fingerprint density at radius 1 is 1.43 bits per heavy atom. The Hall–Kier alpha value is -0.980. The van der Waals surface area contributed by atoms with Gasteiger partial charge in [-0.2, -0.15) is 4.31 Å². The van der Waals surface area contributed by atoms with Crippen molar-refractivity contribution in [3.05, 3.63) is 29.6 Å². The molecule has 1 heterocycles. The number of nitrogens with one attached hydrogen (secondary N) is 1. The Morgan fingerprint density at radius 2 is 2.19 bits per heavy atom. The minimum absolute atomic E-state index is 0.202. The molecule has 1 unspecified atom stereocenters. The second kappa shape index (κ2) is 6.85. The van der Waals surface area contributed by atoms with Crippen molar-refractivity contribution in [1.29, 1.82) is 0 Å². The molecule has 6 heteroatoms. The minimum Gasteiger partial charge on any atom is -0.313 e. The largest absolute Gasteiger partial charge is 0.313 e. The highest BCUT2D eigenvalue weighted by Crippen LogP contribution is 2.25. The number of sulfonamides is 1. The normalized spacial score (nSPS) is 20.6. The van der Waals surface area contributed by atoms with Crippen molar-refractivity contribution in [3.8, 4) is 0 Å². The number of halogens is 1. The minimum atomic E-state index is -3.74. The highest BCUT2D eigenvalue weighted by Gasteiger charge is 2.30. The first-order valence-electron chi connectivity index (χ1n) is 7.44. The third kappa shape index (κ3) is 3.81. The summed E-state index contributed by atoms with van der Waals surface area (Å²) in [6.07, 6.45) is 1.86. The zero-order valence-corrected chi connectivity index (χ0v) is 13.4. The van der Waals surface area contributed by atoms with E-state index in [1.807, 2.05) is 13.8 Å². The molecule has 1 saturated heterocycles. The van der Waals surface area contributed by atoms with Crippen molar-refractivity contribution in [3.63, 3.8) is 0 Å². The first-order chi connectivity index (χ1) is 9.95. The second-order valence-electron chi connectivity index (χ2n) is 5.66. The van der Waals surface area contributed by atoms with Gasteiger partial charge in [0, 0.05) is 19.6 Å². The Morgan fingerprint density at radius 3 is 2.86 bits per heavy atom. The predicted octanol–water partition coefficient (Wildman–Crippen LogP) is 2.36. The zero-order valence-electron chi connectivity index (χ0n) is 12.6. The molecule has 0 aliphatic carbocycles. The number of hydrogen-bond donors (Lipinski definition) is 1. The van der Waals surface area contributed by atoms with Crippen molar-refractivity contribution in [2.24, 2.45) is 5.92 Å². The number of piperidine rings is 1. The van der Waals surface area contributed by atoms with Crippen molar-refractivity contribution in [2.75, 3.05) is 19.6 Å². The van der Waals surface area contributed by atoms with E-state index in [0.29, 0.717) is 25.6 Å². The first-order valence-corrected chi connectivity index (χ1v) is 8.88. The Kier molecular flexibility index (Phi) is 5.35. The number of rotatable bonds is 5. The van der Waals surface area contributed by atoms with Crippen LogP contribution >= 0.6 is 0 Å². The third-order valence-corrected chi connectivity index (χ3v) is 5.69. The average Bonchev–Trinajstić information content (AvgIpc) is 2.46. The second-order valence-corrected chi connectivity index (χ2v) is 7.56. The summed E-state index contributed by atoms with van der Waals surface area (Å²) in [5.41, 5.74) is 0.780. The maximum Gasteiger partial charge on any atom is 0.246 e.